The number of ether oxygens (including phenoxy) is 1. The Morgan fingerprint density at radius 1 is 1.69 bits per heavy atom. The Hall–Kier alpha value is -1.03. The van der Waals surface area contributed by atoms with Gasteiger partial charge >= 0.3 is 0 Å². The van der Waals surface area contributed by atoms with Gasteiger partial charge in [0.1, 0.15) is 0 Å². The van der Waals surface area contributed by atoms with Crippen molar-refractivity contribution in [2.45, 2.75) is 18.9 Å². The Morgan fingerprint density at radius 3 is 3.23 bits per heavy atom. The molecule has 1 unspecified atom stereocenters. The molecule has 4 nitrogen and oxygen atoms in total. The lowest BCUT2D eigenvalue weighted by atomic mass is 10.1. The minimum atomic E-state index is 0.426. The SMILES string of the molecule is Cn1ccnc1NC1CCCOC1. The molecule has 1 aliphatic heterocycles. The van der Waals surface area contributed by atoms with E-state index in [0.717, 1.165) is 25.6 Å². The summed E-state index contributed by atoms with van der Waals surface area (Å²) < 4.78 is 7.35. The van der Waals surface area contributed by atoms with Gasteiger partial charge in [-0.3, -0.25) is 0 Å². The van der Waals surface area contributed by atoms with Crippen molar-refractivity contribution in [2.75, 3.05) is 18.5 Å². The van der Waals surface area contributed by atoms with Gasteiger partial charge < -0.3 is 14.6 Å². The van der Waals surface area contributed by atoms with Crippen molar-refractivity contribution < 1.29 is 4.74 Å². The highest BCUT2D eigenvalue weighted by Crippen LogP contribution is 2.11. The van der Waals surface area contributed by atoms with E-state index in [9.17, 15) is 0 Å². The standard InChI is InChI=1S/C9H15N3O/c1-12-5-4-10-9(12)11-8-3-2-6-13-7-8/h4-5,8H,2-3,6-7H2,1H3,(H,10,11). The van der Waals surface area contributed by atoms with E-state index < -0.39 is 0 Å². The van der Waals surface area contributed by atoms with E-state index in [-0.39, 0.29) is 0 Å². The molecule has 2 heterocycles. The summed E-state index contributed by atoms with van der Waals surface area (Å²) in [7, 11) is 1.99. The van der Waals surface area contributed by atoms with Crippen molar-refractivity contribution in [3.8, 4) is 0 Å². The Bertz CT molecular complexity index is 266. The van der Waals surface area contributed by atoms with Gasteiger partial charge in [-0.15, -0.1) is 0 Å². The lowest BCUT2D eigenvalue weighted by molar-refractivity contribution is 0.0873. The highest BCUT2D eigenvalue weighted by Gasteiger charge is 2.14. The van der Waals surface area contributed by atoms with Gasteiger partial charge in [0.15, 0.2) is 0 Å². The highest BCUT2D eigenvalue weighted by atomic mass is 16.5. The van der Waals surface area contributed by atoms with Crippen molar-refractivity contribution in [1.82, 2.24) is 9.55 Å². The van der Waals surface area contributed by atoms with Crippen molar-refractivity contribution >= 4 is 5.95 Å². The number of anilines is 1. The maximum absolute atomic E-state index is 5.37. The molecule has 0 aromatic carbocycles. The summed E-state index contributed by atoms with van der Waals surface area (Å²) in [5.41, 5.74) is 0. The van der Waals surface area contributed by atoms with Crippen LogP contribution in [0.2, 0.25) is 0 Å². The molecule has 0 aliphatic carbocycles. The van der Waals surface area contributed by atoms with E-state index in [1.54, 1.807) is 6.20 Å². The summed E-state index contributed by atoms with van der Waals surface area (Å²) in [5, 5.41) is 3.36. The first kappa shape index (κ1) is 8.56. The van der Waals surface area contributed by atoms with Crippen molar-refractivity contribution in [1.29, 1.82) is 0 Å². The third kappa shape index (κ3) is 2.01. The summed E-state index contributed by atoms with van der Waals surface area (Å²) in [4.78, 5) is 4.21. The molecule has 1 aromatic heterocycles. The Labute approximate surface area is 77.9 Å². The summed E-state index contributed by atoms with van der Waals surface area (Å²) in [6, 6.07) is 0.426. The molecule has 1 aromatic rings. The number of aromatic nitrogens is 2. The zero-order valence-electron chi connectivity index (χ0n) is 7.86. The normalized spacial score (nSPS) is 23.0. The predicted octanol–water partition coefficient (Wildman–Crippen LogP) is 1.01. The predicted molar refractivity (Wildman–Crippen MR) is 50.7 cm³/mol. The van der Waals surface area contributed by atoms with Gasteiger partial charge in [0, 0.05) is 26.0 Å². The van der Waals surface area contributed by atoms with Crippen LogP contribution in [0.5, 0.6) is 0 Å². The maximum atomic E-state index is 5.37. The molecule has 0 amide bonds. The average molecular weight is 181 g/mol. The molecule has 0 radical (unpaired) electrons. The second-order valence-corrected chi connectivity index (χ2v) is 3.42. The first-order valence-electron chi connectivity index (χ1n) is 4.68. The second-order valence-electron chi connectivity index (χ2n) is 3.42. The monoisotopic (exact) mass is 181 g/mol. The Balaban J connectivity index is 1.93. The van der Waals surface area contributed by atoms with Crippen LogP contribution in [0.4, 0.5) is 5.95 Å². The fraction of sp³-hybridized carbons (Fsp3) is 0.667. The zero-order chi connectivity index (χ0) is 9.10. The number of aryl methyl sites for hydroxylation is 1. The van der Waals surface area contributed by atoms with Crippen molar-refractivity contribution in [3.05, 3.63) is 12.4 Å². The lowest BCUT2D eigenvalue weighted by Gasteiger charge is -2.23. The molecule has 1 fully saturated rings. The first-order valence-corrected chi connectivity index (χ1v) is 4.68. The summed E-state index contributed by atoms with van der Waals surface area (Å²) in [5.74, 6) is 0.926. The summed E-state index contributed by atoms with van der Waals surface area (Å²) >= 11 is 0. The maximum Gasteiger partial charge on any atom is 0.202 e. The molecule has 0 bridgehead atoms. The molecule has 1 atom stereocenters. The van der Waals surface area contributed by atoms with Gasteiger partial charge in [0.2, 0.25) is 5.95 Å². The molecular formula is C9H15N3O. The molecule has 1 saturated heterocycles. The fourth-order valence-electron chi connectivity index (χ4n) is 1.54. The van der Waals surface area contributed by atoms with E-state index in [1.165, 1.54) is 6.42 Å². The average Bonchev–Trinajstić information content (AvgIpc) is 2.54. The minimum Gasteiger partial charge on any atom is -0.379 e. The summed E-state index contributed by atoms with van der Waals surface area (Å²) in [6.07, 6.45) is 6.05. The van der Waals surface area contributed by atoms with E-state index in [2.05, 4.69) is 10.3 Å². The minimum absolute atomic E-state index is 0.426. The van der Waals surface area contributed by atoms with Crippen molar-refractivity contribution in [2.24, 2.45) is 7.05 Å². The van der Waals surface area contributed by atoms with Gasteiger partial charge in [-0.05, 0) is 12.8 Å². The van der Waals surface area contributed by atoms with Crippen LogP contribution in [-0.4, -0.2) is 28.8 Å². The van der Waals surface area contributed by atoms with Crippen LogP contribution in [0.15, 0.2) is 12.4 Å². The molecule has 1 aliphatic rings. The molecule has 72 valence electrons. The number of imidazole rings is 1. The van der Waals surface area contributed by atoms with E-state index >= 15 is 0 Å². The Morgan fingerprint density at radius 2 is 2.62 bits per heavy atom. The topological polar surface area (TPSA) is 39.1 Å². The smallest absolute Gasteiger partial charge is 0.202 e. The van der Waals surface area contributed by atoms with Crippen LogP contribution in [0, 0.1) is 0 Å². The molecule has 2 rings (SSSR count). The van der Waals surface area contributed by atoms with Crippen LogP contribution < -0.4 is 5.32 Å². The lowest BCUT2D eigenvalue weighted by Crippen LogP contribution is -2.30. The van der Waals surface area contributed by atoms with Gasteiger partial charge in [-0.1, -0.05) is 0 Å². The van der Waals surface area contributed by atoms with Gasteiger partial charge in [-0.25, -0.2) is 4.98 Å². The van der Waals surface area contributed by atoms with Crippen LogP contribution in [0.25, 0.3) is 0 Å². The van der Waals surface area contributed by atoms with Gasteiger partial charge in [0.05, 0.1) is 12.6 Å². The van der Waals surface area contributed by atoms with Crippen LogP contribution >= 0.6 is 0 Å². The van der Waals surface area contributed by atoms with Gasteiger partial charge in [-0.2, -0.15) is 0 Å². The van der Waals surface area contributed by atoms with E-state index in [4.69, 9.17) is 4.74 Å². The van der Waals surface area contributed by atoms with Crippen LogP contribution in [0.3, 0.4) is 0 Å². The molecular weight excluding hydrogens is 166 g/mol. The van der Waals surface area contributed by atoms with Crippen LogP contribution in [0.1, 0.15) is 12.8 Å². The number of nitrogens with zero attached hydrogens (tertiary/aromatic N) is 2. The third-order valence-electron chi connectivity index (χ3n) is 2.31. The summed E-state index contributed by atoms with van der Waals surface area (Å²) in [6.45, 7) is 1.70. The largest absolute Gasteiger partial charge is 0.379 e. The first-order chi connectivity index (χ1) is 6.36. The molecule has 0 saturated carbocycles. The molecule has 0 spiro atoms. The fourth-order valence-corrected chi connectivity index (χ4v) is 1.54. The number of hydrogen-bond donors (Lipinski definition) is 1. The Kier molecular flexibility index (Phi) is 2.49. The number of rotatable bonds is 2. The molecule has 13 heavy (non-hydrogen) atoms. The number of hydrogen-bond acceptors (Lipinski definition) is 3. The van der Waals surface area contributed by atoms with Crippen molar-refractivity contribution in [3.63, 3.8) is 0 Å². The van der Waals surface area contributed by atoms with Gasteiger partial charge in [0.25, 0.3) is 0 Å². The zero-order valence-corrected chi connectivity index (χ0v) is 7.86. The molecule has 4 heteroatoms. The quantitative estimate of drug-likeness (QED) is 0.740. The number of nitrogens with one attached hydrogen (secondary N) is 1. The molecule has 1 N–H and O–H groups in total. The van der Waals surface area contributed by atoms with Crippen LogP contribution in [-0.2, 0) is 11.8 Å². The second kappa shape index (κ2) is 3.79. The highest BCUT2D eigenvalue weighted by molar-refractivity contribution is 5.27. The third-order valence-corrected chi connectivity index (χ3v) is 2.31. The van der Waals surface area contributed by atoms with E-state index in [1.807, 2.05) is 17.8 Å². The van der Waals surface area contributed by atoms with E-state index in [0.29, 0.717) is 6.04 Å².